The van der Waals surface area contributed by atoms with E-state index in [1.54, 1.807) is 48.3 Å². The Bertz CT molecular complexity index is 1280. The number of hydrogen-bond donors (Lipinski definition) is 1. The summed E-state index contributed by atoms with van der Waals surface area (Å²) in [5.74, 6) is 0.169. The molecule has 1 aliphatic heterocycles. The number of sulfonamides is 1. The van der Waals surface area contributed by atoms with E-state index in [4.69, 9.17) is 0 Å². The fourth-order valence-electron chi connectivity index (χ4n) is 4.60. The molecule has 0 saturated carbocycles. The number of nitrogens with zero attached hydrogens (tertiary/aromatic N) is 3. The maximum atomic E-state index is 13.9. The zero-order valence-electron chi connectivity index (χ0n) is 19.5. The number of imidazole rings is 1. The summed E-state index contributed by atoms with van der Waals surface area (Å²) < 4.78 is 43.8. The first-order valence-electron chi connectivity index (χ1n) is 11.3. The molecule has 180 valence electrons. The molecule has 0 aliphatic carbocycles. The van der Waals surface area contributed by atoms with Gasteiger partial charge < -0.3 is 9.88 Å². The van der Waals surface area contributed by atoms with Crippen molar-refractivity contribution in [1.82, 2.24) is 19.2 Å². The summed E-state index contributed by atoms with van der Waals surface area (Å²) in [4.78, 5) is 17.6. The van der Waals surface area contributed by atoms with Crippen LogP contribution in [0.1, 0.15) is 48.1 Å². The lowest BCUT2D eigenvalue weighted by Crippen LogP contribution is -2.42. The lowest BCUT2D eigenvalue weighted by atomic mass is 9.94. The van der Waals surface area contributed by atoms with Crippen LogP contribution in [0.25, 0.3) is 0 Å². The van der Waals surface area contributed by atoms with Crippen molar-refractivity contribution in [2.75, 3.05) is 13.1 Å². The number of carbonyl (C=O) groups is 1. The molecule has 1 N–H and O–H groups in total. The molecule has 1 saturated heterocycles. The Morgan fingerprint density at radius 2 is 1.82 bits per heavy atom. The maximum Gasteiger partial charge on any atom is 0.252 e. The van der Waals surface area contributed by atoms with E-state index in [0.29, 0.717) is 24.5 Å². The largest absolute Gasteiger partial charge is 0.338 e. The first kappa shape index (κ1) is 24.1. The number of amides is 1. The molecule has 2 aromatic carbocycles. The van der Waals surface area contributed by atoms with Crippen LogP contribution in [0.2, 0.25) is 0 Å². The van der Waals surface area contributed by atoms with Gasteiger partial charge in [-0.25, -0.2) is 17.8 Å². The lowest BCUT2D eigenvalue weighted by molar-refractivity contribution is 0.0941. The van der Waals surface area contributed by atoms with Crippen molar-refractivity contribution >= 4 is 15.9 Å². The van der Waals surface area contributed by atoms with Crippen LogP contribution in [0.3, 0.4) is 0 Å². The average molecular weight is 485 g/mol. The minimum atomic E-state index is -3.73. The molecule has 1 amide bonds. The quantitative estimate of drug-likeness (QED) is 0.578. The highest BCUT2D eigenvalue weighted by Crippen LogP contribution is 2.27. The summed E-state index contributed by atoms with van der Waals surface area (Å²) in [6.45, 7) is 5.02. The SMILES string of the molecule is C[C@@H]1C[C@H](C)CN(S(=O)(=O)c2cccc(C(=O)N[C@@H](c3cccc(F)c3)c3nccn3C)c2)C1. The van der Waals surface area contributed by atoms with Crippen LogP contribution >= 0.6 is 0 Å². The fourth-order valence-corrected chi connectivity index (χ4v) is 6.33. The highest BCUT2D eigenvalue weighted by atomic mass is 32.2. The van der Waals surface area contributed by atoms with E-state index in [9.17, 15) is 17.6 Å². The van der Waals surface area contributed by atoms with Crippen LogP contribution in [0.4, 0.5) is 4.39 Å². The number of piperidine rings is 1. The Labute approximate surface area is 199 Å². The third-order valence-corrected chi connectivity index (χ3v) is 7.97. The van der Waals surface area contributed by atoms with E-state index in [-0.39, 0.29) is 22.3 Å². The Balaban J connectivity index is 1.63. The number of hydrogen-bond acceptors (Lipinski definition) is 4. The molecule has 3 atom stereocenters. The molecule has 34 heavy (non-hydrogen) atoms. The highest BCUT2D eigenvalue weighted by Gasteiger charge is 2.32. The smallest absolute Gasteiger partial charge is 0.252 e. The van der Waals surface area contributed by atoms with Gasteiger partial charge in [0, 0.05) is 38.1 Å². The van der Waals surface area contributed by atoms with Gasteiger partial charge in [-0.1, -0.05) is 32.0 Å². The molecule has 0 radical (unpaired) electrons. The molecule has 4 rings (SSSR count). The van der Waals surface area contributed by atoms with Crippen molar-refractivity contribution in [3.63, 3.8) is 0 Å². The van der Waals surface area contributed by atoms with Gasteiger partial charge in [-0.3, -0.25) is 4.79 Å². The normalized spacial score (nSPS) is 20.1. The van der Waals surface area contributed by atoms with Gasteiger partial charge in [-0.2, -0.15) is 4.31 Å². The molecule has 7 nitrogen and oxygen atoms in total. The molecular formula is C25H29FN4O3S. The minimum Gasteiger partial charge on any atom is -0.338 e. The van der Waals surface area contributed by atoms with E-state index >= 15 is 0 Å². The van der Waals surface area contributed by atoms with Gasteiger partial charge in [0.15, 0.2) is 0 Å². The van der Waals surface area contributed by atoms with E-state index in [1.807, 2.05) is 13.8 Å². The van der Waals surface area contributed by atoms with Gasteiger partial charge in [0.1, 0.15) is 17.7 Å². The van der Waals surface area contributed by atoms with Gasteiger partial charge in [-0.05, 0) is 54.2 Å². The van der Waals surface area contributed by atoms with E-state index in [1.165, 1.54) is 28.6 Å². The van der Waals surface area contributed by atoms with Crippen LogP contribution in [0, 0.1) is 17.7 Å². The molecule has 3 aromatic rings. The Morgan fingerprint density at radius 1 is 1.12 bits per heavy atom. The zero-order chi connectivity index (χ0) is 24.5. The first-order chi connectivity index (χ1) is 16.1. The molecular weight excluding hydrogens is 455 g/mol. The number of nitrogens with one attached hydrogen (secondary N) is 1. The number of carbonyl (C=O) groups excluding carboxylic acids is 1. The van der Waals surface area contributed by atoms with E-state index in [2.05, 4.69) is 10.3 Å². The fraction of sp³-hybridized carbons (Fsp3) is 0.360. The minimum absolute atomic E-state index is 0.0840. The average Bonchev–Trinajstić information content (AvgIpc) is 3.22. The number of halogens is 1. The second kappa shape index (κ2) is 9.68. The van der Waals surface area contributed by atoms with Crippen molar-refractivity contribution in [2.24, 2.45) is 18.9 Å². The third-order valence-electron chi connectivity index (χ3n) is 6.14. The molecule has 0 bridgehead atoms. The van der Waals surface area contributed by atoms with E-state index in [0.717, 1.165) is 6.42 Å². The van der Waals surface area contributed by atoms with Crippen LogP contribution in [0.15, 0.2) is 65.8 Å². The van der Waals surface area contributed by atoms with Crippen molar-refractivity contribution < 1.29 is 17.6 Å². The Morgan fingerprint density at radius 3 is 2.47 bits per heavy atom. The summed E-state index contributed by atoms with van der Waals surface area (Å²) in [6.07, 6.45) is 4.33. The third kappa shape index (κ3) is 5.05. The number of aromatic nitrogens is 2. The summed E-state index contributed by atoms with van der Waals surface area (Å²) >= 11 is 0. The summed E-state index contributed by atoms with van der Waals surface area (Å²) in [7, 11) is -1.95. The summed E-state index contributed by atoms with van der Waals surface area (Å²) in [6, 6.07) is 11.3. The van der Waals surface area contributed by atoms with Crippen molar-refractivity contribution in [3.05, 3.63) is 83.7 Å². The summed E-state index contributed by atoms with van der Waals surface area (Å²) in [5.41, 5.74) is 0.734. The maximum absolute atomic E-state index is 13.9. The van der Waals surface area contributed by atoms with Gasteiger partial charge in [0.25, 0.3) is 5.91 Å². The first-order valence-corrected chi connectivity index (χ1v) is 12.7. The monoisotopic (exact) mass is 484 g/mol. The number of aryl methyl sites for hydroxylation is 1. The van der Waals surface area contributed by atoms with Crippen molar-refractivity contribution in [2.45, 2.75) is 31.2 Å². The number of benzene rings is 2. The van der Waals surface area contributed by atoms with E-state index < -0.39 is 27.8 Å². The van der Waals surface area contributed by atoms with Crippen LogP contribution in [-0.2, 0) is 17.1 Å². The summed E-state index contributed by atoms with van der Waals surface area (Å²) in [5, 5.41) is 2.90. The van der Waals surface area contributed by atoms with Crippen LogP contribution in [0.5, 0.6) is 0 Å². The predicted octanol–water partition coefficient (Wildman–Crippen LogP) is 3.75. The van der Waals surface area contributed by atoms with Crippen LogP contribution in [-0.4, -0.2) is 41.3 Å². The molecule has 1 aromatic heterocycles. The van der Waals surface area contributed by atoms with Gasteiger partial charge in [0.05, 0.1) is 4.90 Å². The second-order valence-corrected chi connectivity index (χ2v) is 11.1. The molecule has 0 spiro atoms. The second-order valence-electron chi connectivity index (χ2n) is 9.15. The highest BCUT2D eigenvalue weighted by molar-refractivity contribution is 7.89. The lowest BCUT2D eigenvalue weighted by Gasteiger charge is -2.34. The number of rotatable bonds is 6. The molecule has 1 fully saturated rings. The standard InChI is InChI=1S/C25H29FN4O3S/c1-17-12-18(2)16-30(15-17)34(32,33)22-9-5-7-20(14-22)25(31)28-23(24-27-10-11-29(24)3)19-6-4-8-21(26)13-19/h4-11,13-14,17-18,23H,12,15-16H2,1-3H3,(H,28,31)/t17-,18+,23-/m0/s1. The molecule has 1 aliphatic rings. The molecule has 2 heterocycles. The zero-order valence-corrected chi connectivity index (χ0v) is 20.3. The van der Waals surface area contributed by atoms with Crippen LogP contribution < -0.4 is 5.32 Å². The molecule has 9 heteroatoms. The van der Waals surface area contributed by atoms with Crippen molar-refractivity contribution in [1.29, 1.82) is 0 Å². The van der Waals surface area contributed by atoms with Gasteiger partial charge in [-0.15, -0.1) is 0 Å². The Kier molecular flexibility index (Phi) is 6.86. The Hall–Kier alpha value is -3.04. The van der Waals surface area contributed by atoms with Gasteiger partial charge in [0.2, 0.25) is 10.0 Å². The molecule has 0 unspecified atom stereocenters. The van der Waals surface area contributed by atoms with Crippen molar-refractivity contribution in [3.8, 4) is 0 Å². The van der Waals surface area contributed by atoms with Gasteiger partial charge >= 0.3 is 0 Å². The predicted molar refractivity (Wildman–Crippen MR) is 127 cm³/mol. The topological polar surface area (TPSA) is 84.3 Å².